The molecule has 0 aliphatic rings. The molecule has 34 heavy (non-hydrogen) atoms. The van der Waals surface area contributed by atoms with Gasteiger partial charge in [0.2, 0.25) is 5.95 Å². The van der Waals surface area contributed by atoms with Crippen LogP contribution in [0.15, 0.2) is 46.1 Å². The molecule has 0 spiro atoms. The number of benzene rings is 2. The molecule has 2 heterocycles. The minimum Gasteiger partial charge on any atom is -0.497 e. The van der Waals surface area contributed by atoms with Crippen molar-refractivity contribution in [2.24, 2.45) is 7.05 Å². The number of rotatable bonds is 7. The minimum absolute atomic E-state index is 0.0141. The number of aromatic nitrogens is 5. The van der Waals surface area contributed by atoms with E-state index in [1.807, 2.05) is 12.3 Å². The van der Waals surface area contributed by atoms with Crippen LogP contribution in [0.1, 0.15) is 5.56 Å². The van der Waals surface area contributed by atoms with Crippen LogP contribution in [0.3, 0.4) is 0 Å². The van der Waals surface area contributed by atoms with E-state index >= 15 is 0 Å². The molecule has 12 heteroatoms. The second-order valence-corrected chi connectivity index (χ2v) is 7.78. The van der Waals surface area contributed by atoms with Crippen molar-refractivity contribution in [3.05, 3.63) is 68.1 Å². The van der Waals surface area contributed by atoms with E-state index in [0.29, 0.717) is 33.3 Å². The molecule has 11 nitrogen and oxygen atoms in total. The maximum Gasteiger partial charge on any atom is 0.355 e. The van der Waals surface area contributed by atoms with Gasteiger partial charge in [-0.05, 0) is 29.8 Å². The van der Waals surface area contributed by atoms with Gasteiger partial charge >= 0.3 is 11.4 Å². The number of ether oxygens (including phenoxy) is 2. The summed E-state index contributed by atoms with van der Waals surface area (Å²) in [6, 6.07) is 10.4. The molecule has 4 rings (SSSR count). The monoisotopic (exact) mass is 481 g/mol. The Morgan fingerprint density at radius 3 is 2.44 bits per heavy atom. The Morgan fingerprint density at radius 2 is 1.79 bits per heavy atom. The van der Waals surface area contributed by atoms with Crippen LogP contribution in [0.5, 0.6) is 11.5 Å². The molecule has 1 N–H and O–H groups in total. The molecule has 0 aliphatic heterocycles. The zero-order valence-corrected chi connectivity index (χ0v) is 19.3. The summed E-state index contributed by atoms with van der Waals surface area (Å²) in [4.78, 5) is 29.7. The van der Waals surface area contributed by atoms with Crippen molar-refractivity contribution in [1.29, 1.82) is 5.26 Å². The van der Waals surface area contributed by atoms with Crippen molar-refractivity contribution in [2.45, 2.75) is 13.1 Å². The van der Waals surface area contributed by atoms with Crippen LogP contribution in [-0.4, -0.2) is 38.1 Å². The average molecular weight is 482 g/mol. The van der Waals surface area contributed by atoms with E-state index in [2.05, 4.69) is 15.4 Å². The number of anilines is 2. The lowest BCUT2D eigenvalue weighted by atomic mass is 10.2. The second-order valence-electron chi connectivity index (χ2n) is 7.37. The molecule has 2 aromatic heterocycles. The van der Waals surface area contributed by atoms with E-state index in [4.69, 9.17) is 26.3 Å². The van der Waals surface area contributed by atoms with Crippen molar-refractivity contribution in [2.75, 3.05) is 19.5 Å². The number of nitrogens with one attached hydrogen (secondary N) is 1. The third-order valence-corrected chi connectivity index (χ3v) is 5.40. The van der Waals surface area contributed by atoms with Gasteiger partial charge in [-0.25, -0.2) is 14.2 Å². The Labute approximate surface area is 198 Å². The van der Waals surface area contributed by atoms with Crippen LogP contribution in [0.2, 0.25) is 5.02 Å². The standard InChI is InChI=1S/C22H20ClN7O4/c1-28-12-14-8-19(17(23)10-18(14)27-28)25-20-26-21(31)29(5-4-24)22(32)30(20)11-13-6-15(33-2)9-16(7-13)34-3/h6-10,12H,5,11H2,1-3H3,(H,25,26,31). The summed E-state index contributed by atoms with van der Waals surface area (Å²) in [5.41, 5.74) is 0.218. The predicted octanol–water partition coefficient (Wildman–Crippen LogP) is 2.28. The molecule has 4 aromatic rings. The number of hydrogen-bond acceptors (Lipinski definition) is 8. The molecule has 0 unspecified atom stereocenters. The second kappa shape index (κ2) is 9.29. The highest BCUT2D eigenvalue weighted by atomic mass is 35.5. The third-order valence-electron chi connectivity index (χ3n) is 5.08. The fourth-order valence-corrected chi connectivity index (χ4v) is 3.70. The SMILES string of the molecule is COc1cc(Cn2c(Nc3cc4cn(C)nc4cc3Cl)nc(=O)n(CC#N)c2=O)cc(OC)c1. The van der Waals surface area contributed by atoms with E-state index in [1.165, 1.54) is 18.8 Å². The van der Waals surface area contributed by atoms with Gasteiger partial charge in [0.1, 0.15) is 18.0 Å². The molecule has 0 amide bonds. The molecule has 174 valence electrons. The summed E-state index contributed by atoms with van der Waals surface area (Å²) in [6.45, 7) is -0.422. The number of nitriles is 1. The normalized spacial score (nSPS) is 10.8. The maximum atomic E-state index is 13.2. The van der Waals surface area contributed by atoms with E-state index < -0.39 is 17.9 Å². The third kappa shape index (κ3) is 4.44. The lowest BCUT2D eigenvalue weighted by molar-refractivity contribution is 0.393. The molecule has 0 aliphatic carbocycles. The van der Waals surface area contributed by atoms with Gasteiger partial charge in [-0.15, -0.1) is 0 Å². The molecule has 0 radical (unpaired) electrons. The van der Waals surface area contributed by atoms with E-state index in [9.17, 15) is 9.59 Å². The zero-order chi connectivity index (χ0) is 24.4. The lowest BCUT2D eigenvalue weighted by Gasteiger charge is -2.16. The summed E-state index contributed by atoms with van der Waals surface area (Å²) in [5.74, 6) is 1.02. The first-order valence-electron chi connectivity index (χ1n) is 10.0. The Kier molecular flexibility index (Phi) is 6.25. The maximum absolute atomic E-state index is 13.2. The first-order valence-corrected chi connectivity index (χ1v) is 10.4. The number of fused-ring (bicyclic) bond motifs is 1. The fourth-order valence-electron chi connectivity index (χ4n) is 3.50. The van der Waals surface area contributed by atoms with E-state index in [0.717, 1.165) is 9.95 Å². The molecular formula is C22H20ClN7O4. The van der Waals surface area contributed by atoms with Crippen LogP contribution in [0, 0.1) is 11.3 Å². The van der Waals surface area contributed by atoms with E-state index in [-0.39, 0.29) is 12.5 Å². The van der Waals surface area contributed by atoms with Crippen molar-refractivity contribution in [1.82, 2.24) is 23.9 Å². The van der Waals surface area contributed by atoms with Crippen molar-refractivity contribution in [3.63, 3.8) is 0 Å². The summed E-state index contributed by atoms with van der Waals surface area (Å²) < 4.78 is 14.3. The Hall–Kier alpha value is -4.30. The molecule has 0 bridgehead atoms. The minimum atomic E-state index is -0.855. The molecule has 0 saturated heterocycles. The van der Waals surface area contributed by atoms with Gasteiger partial charge in [-0.1, -0.05) is 11.6 Å². The molecule has 2 aromatic carbocycles. The van der Waals surface area contributed by atoms with Crippen molar-refractivity contribution >= 4 is 34.1 Å². The van der Waals surface area contributed by atoms with Gasteiger partial charge in [-0.2, -0.15) is 15.3 Å². The van der Waals surface area contributed by atoms with E-state index in [1.54, 1.807) is 42.1 Å². The van der Waals surface area contributed by atoms with Gasteiger partial charge < -0.3 is 14.8 Å². The summed E-state index contributed by atoms with van der Waals surface area (Å²) in [7, 11) is 4.82. The average Bonchev–Trinajstić information content (AvgIpc) is 3.17. The lowest BCUT2D eigenvalue weighted by Crippen LogP contribution is -2.42. The Morgan fingerprint density at radius 1 is 1.09 bits per heavy atom. The first kappa shape index (κ1) is 22.9. The highest BCUT2D eigenvalue weighted by Gasteiger charge is 2.16. The number of methoxy groups -OCH3 is 2. The van der Waals surface area contributed by atoms with Crippen molar-refractivity contribution < 1.29 is 9.47 Å². The van der Waals surface area contributed by atoms with Gasteiger partial charge in [0.05, 0.1) is 43.1 Å². The van der Waals surface area contributed by atoms with Crippen LogP contribution in [-0.2, 0) is 20.1 Å². The summed E-state index contributed by atoms with van der Waals surface area (Å²) in [6.07, 6.45) is 1.81. The number of aryl methyl sites for hydroxylation is 1. The van der Waals surface area contributed by atoms with Gasteiger partial charge in [0, 0.05) is 24.7 Å². The van der Waals surface area contributed by atoms with Crippen LogP contribution in [0.4, 0.5) is 11.6 Å². The highest BCUT2D eigenvalue weighted by Crippen LogP contribution is 2.29. The van der Waals surface area contributed by atoms with Crippen LogP contribution < -0.4 is 26.2 Å². The smallest absolute Gasteiger partial charge is 0.355 e. The molecule has 0 atom stereocenters. The summed E-state index contributed by atoms with van der Waals surface area (Å²) in [5, 5.41) is 17.5. The quantitative estimate of drug-likeness (QED) is 0.425. The zero-order valence-electron chi connectivity index (χ0n) is 18.6. The number of halogens is 1. The number of nitrogens with zero attached hydrogens (tertiary/aromatic N) is 6. The Balaban J connectivity index is 1.85. The van der Waals surface area contributed by atoms with Crippen LogP contribution >= 0.6 is 11.6 Å². The van der Waals surface area contributed by atoms with Gasteiger partial charge in [0.25, 0.3) is 0 Å². The predicted molar refractivity (Wildman–Crippen MR) is 126 cm³/mol. The fraction of sp³-hybridized carbons (Fsp3) is 0.227. The molecule has 0 saturated carbocycles. The van der Waals surface area contributed by atoms with Crippen LogP contribution in [0.25, 0.3) is 10.9 Å². The summed E-state index contributed by atoms with van der Waals surface area (Å²) >= 11 is 6.43. The van der Waals surface area contributed by atoms with Gasteiger partial charge in [0.15, 0.2) is 0 Å². The largest absolute Gasteiger partial charge is 0.497 e. The first-order chi connectivity index (χ1) is 16.3. The van der Waals surface area contributed by atoms with Crippen molar-refractivity contribution in [3.8, 4) is 17.6 Å². The molecular weight excluding hydrogens is 462 g/mol. The molecule has 0 fully saturated rings. The number of hydrogen-bond donors (Lipinski definition) is 1. The Bertz CT molecular complexity index is 1530. The topological polar surface area (TPSA) is 129 Å². The van der Waals surface area contributed by atoms with Gasteiger partial charge in [-0.3, -0.25) is 9.25 Å². The highest BCUT2D eigenvalue weighted by molar-refractivity contribution is 6.34.